The first-order chi connectivity index (χ1) is 14.1. The number of para-hydroxylation sites is 1. The van der Waals surface area contributed by atoms with Crippen LogP contribution in [-0.4, -0.2) is 30.0 Å². The van der Waals surface area contributed by atoms with E-state index in [0.29, 0.717) is 30.4 Å². The van der Waals surface area contributed by atoms with E-state index in [2.05, 4.69) is 15.6 Å². The summed E-state index contributed by atoms with van der Waals surface area (Å²) < 4.78 is 24.7. The molecule has 0 atom stereocenters. The van der Waals surface area contributed by atoms with Crippen molar-refractivity contribution in [3.63, 3.8) is 0 Å². The molecular weight excluding hydrogens is 377 g/mol. The smallest absolute Gasteiger partial charge is 0.274 e. The highest BCUT2D eigenvalue weighted by atomic mass is 19.1. The van der Waals surface area contributed by atoms with Gasteiger partial charge in [0.15, 0.2) is 11.5 Å². The van der Waals surface area contributed by atoms with Gasteiger partial charge >= 0.3 is 0 Å². The van der Waals surface area contributed by atoms with Crippen LogP contribution < -0.4 is 20.1 Å². The van der Waals surface area contributed by atoms with Crippen molar-refractivity contribution >= 4 is 23.2 Å². The number of fused-ring (bicyclic) bond motifs is 1. The van der Waals surface area contributed by atoms with Gasteiger partial charge in [0.05, 0.1) is 5.69 Å². The molecule has 0 bridgehead atoms. The lowest BCUT2D eigenvalue weighted by Crippen LogP contribution is -2.18. The fourth-order valence-corrected chi connectivity index (χ4v) is 2.77. The summed E-state index contributed by atoms with van der Waals surface area (Å²) in [5.74, 6) is -0.444. The maximum absolute atomic E-state index is 13.7. The van der Waals surface area contributed by atoms with Gasteiger partial charge in [0.2, 0.25) is 0 Å². The number of carbonyl (C=O) groups excluding carboxylic acids is 2. The fourth-order valence-electron chi connectivity index (χ4n) is 2.77. The molecule has 0 aliphatic carbocycles. The molecule has 0 spiro atoms. The molecule has 1 aliphatic rings. The molecule has 0 saturated heterocycles. The van der Waals surface area contributed by atoms with Crippen molar-refractivity contribution < 1.29 is 23.5 Å². The minimum atomic E-state index is -0.621. The summed E-state index contributed by atoms with van der Waals surface area (Å²) in [4.78, 5) is 28.9. The molecule has 4 rings (SSSR count). The number of anilines is 2. The van der Waals surface area contributed by atoms with Gasteiger partial charge in [-0.1, -0.05) is 12.1 Å². The number of ether oxygens (including phenoxy) is 2. The van der Waals surface area contributed by atoms with Crippen LogP contribution in [0.3, 0.4) is 0 Å². The largest absolute Gasteiger partial charge is 0.486 e. The molecule has 146 valence electrons. The standard InChI is InChI=1S/C21H16FN3O4/c22-15-3-1-2-4-16(15)25-21(27)17-11-13(7-8-23-17)20(26)24-14-5-6-18-19(12-14)29-10-9-28-18/h1-8,11-12H,9-10H2,(H,24,26)(H,25,27). The zero-order valence-electron chi connectivity index (χ0n) is 15.1. The van der Waals surface area contributed by atoms with Gasteiger partial charge in [-0.05, 0) is 36.4 Å². The molecule has 0 fully saturated rings. The molecule has 2 N–H and O–H groups in total. The Morgan fingerprint density at radius 3 is 2.52 bits per heavy atom. The maximum atomic E-state index is 13.7. The predicted molar refractivity (Wildman–Crippen MR) is 104 cm³/mol. The number of aromatic nitrogens is 1. The average molecular weight is 393 g/mol. The lowest BCUT2D eigenvalue weighted by molar-refractivity contribution is 0.102. The second kappa shape index (κ2) is 7.97. The molecule has 0 radical (unpaired) electrons. The lowest BCUT2D eigenvalue weighted by Gasteiger charge is -2.19. The van der Waals surface area contributed by atoms with Crippen LogP contribution in [0.25, 0.3) is 0 Å². The molecule has 7 nitrogen and oxygen atoms in total. The van der Waals surface area contributed by atoms with Gasteiger partial charge in [0, 0.05) is 23.5 Å². The second-order valence-electron chi connectivity index (χ2n) is 6.18. The Kier molecular flexibility index (Phi) is 5.07. The van der Waals surface area contributed by atoms with Crippen LogP contribution in [0.15, 0.2) is 60.8 Å². The van der Waals surface area contributed by atoms with Crippen molar-refractivity contribution in [3.05, 3.63) is 77.9 Å². The Labute approximate surface area is 165 Å². The van der Waals surface area contributed by atoms with Crippen LogP contribution in [0.5, 0.6) is 11.5 Å². The molecule has 1 aromatic heterocycles. The number of nitrogens with zero attached hydrogens (tertiary/aromatic N) is 1. The number of rotatable bonds is 4. The highest BCUT2D eigenvalue weighted by Crippen LogP contribution is 2.32. The Morgan fingerprint density at radius 2 is 1.69 bits per heavy atom. The molecule has 2 aromatic carbocycles. The normalized spacial score (nSPS) is 12.2. The Balaban J connectivity index is 1.48. The first-order valence-corrected chi connectivity index (χ1v) is 8.83. The molecule has 2 heterocycles. The van der Waals surface area contributed by atoms with Gasteiger partial charge in [-0.2, -0.15) is 0 Å². The minimum absolute atomic E-state index is 0.0110. The topological polar surface area (TPSA) is 89.6 Å². The van der Waals surface area contributed by atoms with Crippen molar-refractivity contribution in [1.29, 1.82) is 0 Å². The summed E-state index contributed by atoms with van der Waals surface area (Å²) in [6.45, 7) is 0.919. The zero-order chi connectivity index (χ0) is 20.2. The summed E-state index contributed by atoms with van der Waals surface area (Å²) in [7, 11) is 0. The molecule has 1 aliphatic heterocycles. The third kappa shape index (κ3) is 4.16. The Hall–Kier alpha value is -3.94. The minimum Gasteiger partial charge on any atom is -0.486 e. The van der Waals surface area contributed by atoms with Gasteiger partial charge in [-0.3, -0.25) is 14.6 Å². The first-order valence-electron chi connectivity index (χ1n) is 8.83. The SMILES string of the molecule is O=C(Nc1ccc2c(c1)OCCO2)c1ccnc(C(=O)Nc2ccccc2F)c1. The highest BCUT2D eigenvalue weighted by molar-refractivity contribution is 6.07. The number of amides is 2. The molecule has 0 saturated carbocycles. The Morgan fingerprint density at radius 1 is 0.897 bits per heavy atom. The van der Waals surface area contributed by atoms with Crippen LogP contribution in [0.4, 0.5) is 15.8 Å². The zero-order valence-corrected chi connectivity index (χ0v) is 15.1. The summed E-state index contributed by atoms with van der Waals surface area (Å²) in [6.07, 6.45) is 1.34. The van der Waals surface area contributed by atoms with Crippen LogP contribution in [0.2, 0.25) is 0 Å². The van der Waals surface area contributed by atoms with Crippen LogP contribution in [0.1, 0.15) is 20.8 Å². The molecule has 29 heavy (non-hydrogen) atoms. The third-order valence-electron chi connectivity index (χ3n) is 4.18. The van der Waals surface area contributed by atoms with E-state index in [-0.39, 0.29) is 16.9 Å². The first kappa shape index (κ1) is 18.4. The summed E-state index contributed by atoms with van der Waals surface area (Å²) in [5.41, 5.74) is 0.774. The van der Waals surface area contributed by atoms with Gasteiger partial charge in [-0.15, -0.1) is 0 Å². The molecule has 3 aromatic rings. The predicted octanol–water partition coefficient (Wildman–Crippen LogP) is 3.50. The van der Waals surface area contributed by atoms with Crippen molar-refractivity contribution in [2.75, 3.05) is 23.8 Å². The molecule has 2 amide bonds. The number of nitrogens with one attached hydrogen (secondary N) is 2. The van der Waals surface area contributed by atoms with Gasteiger partial charge in [0.25, 0.3) is 11.8 Å². The maximum Gasteiger partial charge on any atom is 0.274 e. The van der Waals surface area contributed by atoms with E-state index < -0.39 is 17.6 Å². The summed E-state index contributed by atoms with van der Waals surface area (Å²) >= 11 is 0. The van der Waals surface area contributed by atoms with Crippen molar-refractivity contribution in [3.8, 4) is 11.5 Å². The van der Waals surface area contributed by atoms with E-state index in [1.165, 1.54) is 36.5 Å². The van der Waals surface area contributed by atoms with E-state index in [9.17, 15) is 14.0 Å². The quantitative estimate of drug-likeness (QED) is 0.708. The lowest BCUT2D eigenvalue weighted by atomic mass is 10.2. The number of halogens is 1. The van der Waals surface area contributed by atoms with E-state index in [4.69, 9.17) is 9.47 Å². The number of hydrogen-bond donors (Lipinski definition) is 2. The molecular formula is C21H16FN3O4. The monoisotopic (exact) mass is 393 g/mol. The van der Waals surface area contributed by atoms with Crippen molar-refractivity contribution in [1.82, 2.24) is 4.98 Å². The fraction of sp³-hybridized carbons (Fsp3) is 0.0952. The highest BCUT2D eigenvalue weighted by Gasteiger charge is 2.16. The number of hydrogen-bond acceptors (Lipinski definition) is 5. The van der Waals surface area contributed by atoms with Crippen LogP contribution in [-0.2, 0) is 0 Å². The van der Waals surface area contributed by atoms with Crippen molar-refractivity contribution in [2.45, 2.75) is 0 Å². The number of pyridine rings is 1. The van der Waals surface area contributed by atoms with E-state index in [0.717, 1.165) is 0 Å². The Bertz CT molecular complexity index is 1090. The number of benzene rings is 2. The number of carbonyl (C=O) groups is 2. The van der Waals surface area contributed by atoms with E-state index in [1.54, 1.807) is 24.3 Å². The molecule has 0 unspecified atom stereocenters. The molecule has 8 heteroatoms. The summed E-state index contributed by atoms with van der Waals surface area (Å²) in [5, 5.41) is 5.18. The average Bonchev–Trinajstić information content (AvgIpc) is 2.75. The third-order valence-corrected chi connectivity index (χ3v) is 4.18. The van der Waals surface area contributed by atoms with Gasteiger partial charge in [0.1, 0.15) is 24.7 Å². The van der Waals surface area contributed by atoms with Gasteiger partial charge < -0.3 is 20.1 Å². The van der Waals surface area contributed by atoms with E-state index in [1.807, 2.05) is 0 Å². The van der Waals surface area contributed by atoms with E-state index >= 15 is 0 Å². The van der Waals surface area contributed by atoms with Crippen molar-refractivity contribution in [2.24, 2.45) is 0 Å². The van der Waals surface area contributed by atoms with Crippen LogP contribution >= 0.6 is 0 Å². The van der Waals surface area contributed by atoms with Gasteiger partial charge in [-0.25, -0.2) is 4.39 Å². The van der Waals surface area contributed by atoms with Crippen LogP contribution in [0, 0.1) is 5.82 Å². The second-order valence-corrected chi connectivity index (χ2v) is 6.18. The summed E-state index contributed by atoms with van der Waals surface area (Å²) in [6, 6.07) is 13.7.